The van der Waals surface area contributed by atoms with Gasteiger partial charge in [-0.25, -0.2) is 0 Å². The lowest BCUT2D eigenvalue weighted by atomic mass is 10.1. The standard InChI is InChI=1S/C11H17NO/c1-10-5-3-4-6-11(10)7-8-12-9-13-2/h3-6,12H,7-9H2,1-2H3. The zero-order valence-corrected chi connectivity index (χ0v) is 8.34. The Morgan fingerprint density at radius 1 is 1.31 bits per heavy atom. The van der Waals surface area contributed by atoms with E-state index in [9.17, 15) is 0 Å². The molecule has 0 radical (unpaired) electrons. The molecule has 1 aromatic rings. The Bertz CT molecular complexity index is 248. The molecule has 0 saturated carbocycles. The predicted octanol–water partition coefficient (Wildman–Crippen LogP) is 1.73. The molecule has 0 atom stereocenters. The van der Waals surface area contributed by atoms with Crippen molar-refractivity contribution in [2.75, 3.05) is 20.4 Å². The second kappa shape index (κ2) is 5.73. The monoisotopic (exact) mass is 179 g/mol. The molecule has 0 unspecified atom stereocenters. The van der Waals surface area contributed by atoms with Crippen molar-refractivity contribution < 1.29 is 4.74 Å². The minimum atomic E-state index is 0.631. The molecule has 72 valence electrons. The highest BCUT2D eigenvalue weighted by molar-refractivity contribution is 5.25. The van der Waals surface area contributed by atoms with E-state index in [1.165, 1.54) is 11.1 Å². The second-order valence-corrected chi connectivity index (χ2v) is 3.11. The van der Waals surface area contributed by atoms with Crippen molar-refractivity contribution in [3.05, 3.63) is 35.4 Å². The average molecular weight is 179 g/mol. The molecule has 0 amide bonds. The van der Waals surface area contributed by atoms with Crippen molar-refractivity contribution in [2.45, 2.75) is 13.3 Å². The smallest absolute Gasteiger partial charge is 0.0961 e. The summed E-state index contributed by atoms with van der Waals surface area (Å²) in [6.45, 7) is 3.75. The van der Waals surface area contributed by atoms with Crippen LogP contribution in [0.4, 0.5) is 0 Å². The van der Waals surface area contributed by atoms with Crippen molar-refractivity contribution in [3.63, 3.8) is 0 Å². The first-order valence-electron chi connectivity index (χ1n) is 4.58. The molecule has 1 aromatic carbocycles. The Morgan fingerprint density at radius 2 is 2.08 bits per heavy atom. The molecular weight excluding hydrogens is 162 g/mol. The number of benzene rings is 1. The van der Waals surface area contributed by atoms with Gasteiger partial charge < -0.3 is 4.74 Å². The molecule has 0 bridgehead atoms. The minimum Gasteiger partial charge on any atom is -0.370 e. The van der Waals surface area contributed by atoms with E-state index in [0.29, 0.717) is 6.73 Å². The fraction of sp³-hybridized carbons (Fsp3) is 0.455. The molecule has 0 saturated heterocycles. The summed E-state index contributed by atoms with van der Waals surface area (Å²) >= 11 is 0. The van der Waals surface area contributed by atoms with Crippen molar-refractivity contribution in [1.29, 1.82) is 0 Å². The first kappa shape index (κ1) is 10.2. The fourth-order valence-corrected chi connectivity index (χ4v) is 1.29. The number of nitrogens with one attached hydrogen (secondary N) is 1. The fourth-order valence-electron chi connectivity index (χ4n) is 1.29. The molecule has 0 spiro atoms. The molecule has 0 aliphatic carbocycles. The highest BCUT2D eigenvalue weighted by Gasteiger charge is 1.95. The van der Waals surface area contributed by atoms with Gasteiger partial charge in [0.1, 0.15) is 0 Å². The van der Waals surface area contributed by atoms with Crippen LogP contribution in [-0.2, 0) is 11.2 Å². The van der Waals surface area contributed by atoms with E-state index in [2.05, 4.69) is 36.5 Å². The van der Waals surface area contributed by atoms with Gasteiger partial charge in [0.2, 0.25) is 0 Å². The third-order valence-electron chi connectivity index (χ3n) is 2.08. The van der Waals surface area contributed by atoms with Crippen molar-refractivity contribution >= 4 is 0 Å². The van der Waals surface area contributed by atoms with E-state index in [4.69, 9.17) is 4.74 Å². The van der Waals surface area contributed by atoms with Crippen LogP contribution in [0.5, 0.6) is 0 Å². The summed E-state index contributed by atoms with van der Waals surface area (Å²) in [5, 5.41) is 3.19. The predicted molar refractivity (Wildman–Crippen MR) is 54.8 cm³/mol. The molecule has 0 heterocycles. The first-order chi connectivity index (χ1) is 6.34. The van der Waals surface area contributed by atoms with E-state index in [1.807, 2.05) is 0 Å². The van der Waals surface area contributed by atoms with Crippen LogP contribution in [-0.4, -0.2) is 20.4 Å². The lowest BCUT2D eigenvalue weighted by Crippen LogP contribution is -2.19. The van der Waals surface area contributed by atoms with Gasteiger partial charge in [-0.2, -0.15) is 0 Å². The second-order valence-electron chi connectivity index (χ2n) is 3.11. The summed E-state index contributed by atoms with van der Waals surface area (Å²) in [5.74, 6) is 0. The van der Waals surface area contributed by atoms with Gasteiger partial charge in [-0.3, -0.25) is 5.32 Å². The Balaban J connectivity index is 2.32. The molecular formula is C11H17NO. The number of rotatable bonds is 5. The molecule has 0 aliphatic rings. The third kappa shape index (κ3) is 3.57. The van der Waals surface area contributed by atoms with E-state index < -0.39 is 0 Å². The van der Waals surface area contributed by atoms with Gasteiger partial charge in [0.15, 0.2) is 0 Å². The lowest BCUT2D eigenvalue weighted by molar-refractivity contribution is 0.176. The highest BCUT2D eigenvalue weighted by Crippen LogP contribution is 2.06. The molecule has 2 nitrogen and oxygen atoms in total. The van der Waals surface area contributed by atoms with Crippen LogP contribution >= 0.6 is 0 Å². The topological polar surface area (TPSA) is 21.3 Å². The SMILES string of the molecule is COCNCCc1ccccc1C. The quantitative estimate of drug-likeness (QED) is 0.549. The van der Waals surface area contributed by atoms with E-state index in [1.54, 1.807) is 7.11 Å². The Kier molecular flexibility index (Phi) is 4.50. The molecule has 13 heavy (non-hydrogen) atoms. The molecule has 0 aromatic heterocycles. The van der Waals surface area contributed by atoms with Crippen molar-refractivity contribution in [1.82, 2.24) is 5.32 Å². The van der Waals surface area contributed by atoms with Gasteiger partial charge in [-0.15, -0.1) is 0 Å². The Morgan fingerprint density at radius 3 is 2.77 bits per heavy atom. The van der Waals surface area contributed by atoms with Crippen LogP contribution < -0.4 is 5.32 Å². The summed E-state index contributed by atoms with van der Waals surface area (Å²) < 4.78 is 4.90. The average Bonchev–Trinajstić information content (AvgIpc) is 2.15. The third-order valence-corrected chi connectivity index (χ3v) is 2.08. The number of hydrogen-bond acceptors (Lipinski definition) is 2. The van der Waals surface area contributed by atoms with E-state index in [0.717, 1.165) is 13.0 Å². The zero-order valence-electron chi connectivity index (χ0n) is 8.34. The van der Waals surface area contributed by atoms with Crippen LogP contribution in [0, 0.1) is 6.92 Å². The van der Waals surface area contributed by atoms with Gasteiger partial charge in [-0.1, -0.05) is 24.3 Å². The largest absolute Gasteiger partial charge is 0.370 e. The normalized spacial score (nSPS) is 10.3. The van der Waals surface area contributed by atoms with Crippen LogP contribution in [0.3, 0.4) is 0 Å². The number of ether oxygens (including phenoxy) is 1. The van der Waals surface area contributed by atoms with Crippen molar-refractivity contribution in [3.8, 4) is 0 Å². The molecule has 1 N–H and O–H groups in total. The number of aryl methyl sites for hydroxylation is 1. The summed E-state index contributed by atoms with van der Waals surface area (Å²) in [7, 11) is 1.70. The van der Waals surface area contributed by atoms with Gasteiger partial charge >= 0.3 is 0 Å². The maximum atomic E-state index is 4.90. The molecule has 0 aliphatic heterocycles. The van der Waals surface area contributed by atoms with Crippen LogP contribution in [0.1, 0.15) is 11.1 Å². The summed E-state index contributed by atoms with van der Waals surface area (Å²) in [5.41, 5.74) is 2.77. The molecule has 1 rings (SSSR count). The number of methoxy groups -OCH3 is 1. The van der Waals surface area contributed by atoms with Gasteiger partial charge in [0.05, 0.1) is 6.73 Å². The number of hydrogen-bond donors (Lipinski definition) is 1. The highest BCUT2D eigenvalue weighted by atomic mass is 16.5. The zero-order chi connectivity index (χ0) is 9.52. The molecule has 0 fully saturated rings. The Labute approximate surface area is 79.9 Å². The minimum absolute atomic E-state index is 0.631. The van der Waals surface area contributed by atoms with Gasteiger partial charge in [-0.05, 0) is 24.5 Å². The summed E-state index contributed by atoms with van der Waals surface area (Å²) in [6, 6.07) is 8.47. The molecule has 2 heteroatoms. The maximum Gasteiger partial charge on any atom is 0.0961 e. The van der Waals surface area contributed by atoms with Crippen LogP contribution in [0.25, 0.3) is 0 Å². The van der Waals surface area contributed by atoms with E-state index in [-0.39, 0.29) is 0 Å². The van der Waals surface area contributed by atoms with Crippen molar-refractivity contribution in [2.24, 2.45) is 0 Å². The van der Waals surface area contributed by atoms with Gasteiger partial charge in [0, 0.05) is 13.7 Å². The maximum absolute atomic E-state index is 4.90. The first-order valence-corrected chi connectivity index (χ1v) is 4.58. The van der Waals surface area contributed by atoms with Crippen LogP contribution in [0.2, 0.25) is 0 Å². The Hall–Kier alpha value is -0.860. The summed E-state index contributed by atoms with van der Waals surface area (Å²) in [6.07, 6.45) is 1.07. The van der Waals surface area contributed by atoms with Crippen LogP contribution in [0.15, 0.2) is 24.3 Å². The van der Waals surface area contributed by atoms with E-state index >= 15 is 0 Å². The van der Waals surface area contributed by atoms with Gasteiger partial charge in [0.25, 0.3) is 0 Å². The lowest BCUT2D eigenvalue weighted by Gasteiger charge is -2.05. The summed E-state index contributed by atoms with van der Waals surface area (Å²) in [4.78, 5) is 0.